The van der Waals surface area contributed by atoms with Gasteiger partial charge >= 0.3 is 35.9 Å². The Morgan fingerprint density at radius 1 is 0.577 bits per heavy atom. The van der Waals surface area contributed by atoms with Gasteiger partial charge in [0.15, 0.2) is 0 Å². The van der Waals surface area contributed by atoms with Gasteiger partial charge in [-0.1, -0.05) is 42.5 Å². The highest BCUT2D eigenvalue weighted by Gasteiger charge is 2.29. The molecule has 0 saturated carbocycles. The molecule has 0 aromatic heterocycles. The maximum absolute atomic E-state index is 13.4. The van der Waals surface area contributed by atoms with Crippen molar-refractivity contribution in [3.05, 3.63) is 89.5 Å². The zero-order valence-corrected chi connectivity index (χ0v) is 38.9. The van der Waals surface area contributed by atoms with Crippen LogP contribution in [0.1, 0.15) is 61.6 Å². The van der Waals surface area contributed by atoms with Gasteiger partial charge in [0, 0.05) is 81.8 Å². The highest BCUT2D eigenvalue weighted by atomic mass is 16.4. The van der Waals surface area contributed by atoms with Crippen LogP contribution in [0.5, 0.6) is 11.5 Å². The predicted octanol–water partition coefficient (Wildman–Crippen LogP) is 0.970. The van der Waals surface area contributed by atoms with Crippen LogP contribution in [0.3, 0.4) is 0 Å². The Bertz CT molecular complexity index is 2260. The van der Waals surface area contributed by atoms with E-state index in [1.54, 1.807) is 60.8 Å². The summed E-state index contributed by atoms with van der Waals surface area (Å²) in [5.41, 5.74) is 2.58. The summed E-state index contributed by atoms with van der Waals surface area (Å²) in [6.45, 7) is 4.55. The van der Waals surface area contributed by atoms with Gasteiger partial charge in [0.1, 0.15) is 35.7 Å². The third-order valence-corrected chi connectivity index (χ3v) is 10.5. The van der Waals surface area contributed by atoms with E-state index in [1.165, 1.54) is 0 Å². The number of phenolic OH excluding ortho intramolecular Hbond substituents is 2. The van der Waals surface area contributed by atoms with E-state index in [1.807, 2.05) is 23.5 Å². The van der Waals surface area contributed by atoms with E-state index in [0.29, 0.717) is 63.6 Å². The second kappa shape index (κ2) is 31.3. The number of carbonyl (C=O) groups is 8. The lowest BCUT2D eigenvalue weighted by atomic mass is 10.1. The molecule has 0 aliphatic rings. The van der Waals surface area contributed by atoms with Crippen molar-refractivity contribution in [2.75, 3.05) is 51.1 Å². The monoisotopic (exact) mass is 993 g/mol. The van der Waals surface area contributed by atoms with Crippen LogP contribution >= 0.6 is 0 Å². The molecule has 0 aliphatic heterocycles. The molecule has 4 atom stereocenters. The number of carboxylic acids is 5. The first-order valence-electron chi connectivity index (χ1n) is 22.7. The van der Waals surface area contributed by atoms with Gasteiger partial charge in [0.2, 0.25) is 11.8 Å². The normalized spacial score (nSPS) is 12.8. The van der Waals surface area contributed by atoms with Crippen LogP contribution in [-0.4, -0.2) is 165 Å². The molecule has 386 valence electrons. The molecule has 24 nitrogen and oxygen atoms in total. The van der Waals surface area contributed by atoms with Gasteiger partial charge in [-0.25, -0.2) is 14.4 Å². The summed E-state index contributed by atoms with van der Waals surface area (Å²) < 4.78 is 0. The van der Waals surface area contributed by atoms with Crippen molar-refractivity contribution >= 4 is 59.6 Å². The number of carboxylic acid groups (broad SMARTS) is 5. The first-order chi connectivity index (χ1) is 33.9. The standard InChI is InChI=1S/C47H63N9O15/c57-38-10-3-1-7-31(38)27-50-22-21-48-19-20-49-23-24-56(29-32-8-2-4-11-39(32)58)28-30-12-14-33(15-13-30)52-37(26-42(63)64)44(66)53-36(25-41(61)62)43(65)51-18-6-5-9-34(45(67)68)54-47(71)55-35(46(69)70)16-17-40(59)60/h1-4,7-8,10-15,27,34-37,48-49,52,57-58H,5-6,9,16-26,28-29H2,(H,51,65)(H,53,66)(H,59,60)(H,61,62)(H,63,64)(H,67,68)(H,69,70)(H2,54,55,71)/b50-27-. The van der Waals surface area contributed by atoms with Crippen LogP contribution in [0.25, 0.3) is 0 Å². The van der Waals surface area contributed by atoms with Crippen molar-refractivity contribution in [1.82, 2.24) is 36.8 Å². The van der Waals surface area contributed by atoms with Gasteiger partial charge in [0.25, 0.3) is 0 Å². The van der Waals surface area contributed by atoms with Crippen LogP contribution in [0.2, 0.25) is 0 Å². The molecule has 14 N–H and O–H groups in total. The molecular formula is C47H63N9O15. The summed E-state index contributed by atoms with van der Waals surface area (Å²) >= 11 is 0. The Morgan fingerprint density at radius 2 is 1.18 bits per heavy atom. The third kappa shape index (κ3) is 23.4. The number of unbranched alkanes of at least 4 members (excludes halogenated alkanes) is 1. The number of benzene rings is 3. The number of amides is 4. The summed E-state index contributed by atoms with van der Waals surface area (Å²) in [6, 6.07) is 13.5. The minimum Gasteiger partial charge on any atom is -0.508 e. The highest BCUT2D eigenvalue weighted by molar-refractivity contribution is 5.94. The van der Waals surface area contributed by atoms with Crippen LogP contribution < -0.4 is 37.2 Å². The van der Waals surface area contributed by atoms with Crippen molar-refractivity contribution < 1.29 is 74.1 Å². The lowest BCUT2D eigenvalue weighted by Crippen LogP contribution is -2.52. The third-order valence-electron chi connectivity index (χ3n) is 10.5. The molecule has 0 radical (unpaired) electrons. The molecule has 0 bridgehead atoms. The molecular weight excluding hydrogens is 931 g/mol. The van der Waals surface area contributed by atoms with Crippen LogP contribution in [0, 0.1) is 0 Å². The van der Waals surface area contributed by atoms with Crippen molar-refractivity contribution in [2.45, 2.75) is 82.2 Å². The number of phenols is 2. The van der Waals surface area contributed by atoms with Crippen molar-refractivity contribution in [1.29, 1.82) is 0 Å². The molecule has 4 amide bonds. The van der Waals surface area contributed by atoms with E-state index in [-0.39, 0.29) is 37.3 Å². The Hall–Kier alpha value is -7.83. The number of urea groups is 1. The number of nitrogens with zero attached hydrogens (tertiary/aromatic N) is 2. The van der Waals surface area contributed by atoms with Crippen LogP contribution in [-0.2, 0) is 46.7 Å². The van der Waals surface area contributed by atoms with E-state index >= 15 is 0 Å². The Morgan fingerprint density at radius 3 is 1.80 bits per heavy atom. The van der Waals surface area contributed by atoms with Crippen LogP contribution in [0.15, 0.2) is 77.8 Å². The van der Waals surface area contributed by atoms with Gasteiger partial charge in [-0.15, -0.1) is 0 Å². The van der Waals surface area contributed by atoms with E-state index in [9.17, 15) is 69.0 Å². The fraction of sp³-hybridized carbons (Fsp3) is 0.426. The maximum atomic E-state index is 13.4. The van der Waals surface area contributed by atoms with E-state index < -0.39 is 97.5 Å². The number of hydrogen-bond donors (Lipinski definition) is 14. The molecule has 4 unspecified atom stereocenters. The number of aromatic hydroxyl groups is 2. The molecule has 24 heteroatoms. The number of aliphatic carboxylic acids is 5. The number of carbonyl (C=O) groups excluding carboxylic acids is 3. The van der Waals surface area contributed by atoms with E-state index in [0.717, 1.165) is 11.1 Å². The first-order valence-corrected chi connectivity index (χ1v) is 22.7. The van der Waals surface area contributed by atoms with Crippen molar-refractivity contribution in [2.24, 2.45) is 4.99 Å². The van der Waals surface area contributed by atoms with E-state index in [2.05, 4.69) is 41.8 Å². The number of para-hydroxylation sites is 2. The lowest BCUT2D eigenvalue weighted by Gasteiger charge is -2.24. The number of anilines is 1. The number of nitrogens with one attached hydrogen (secondary N) is 7. The Balaban J connectivity index is 1.53. The van der Waals surface area contributed by atoms with Gasteiger partial charge in [-0.3, -0.25) is 33.9 Å². The van der Waals surface area contributed by atoms with Gasteiger partial charge in [-0.2, -0.15) is 0 Å². The number of rotatable bonds is 35. The quantitative estimate of drug-likeness (QED) is 0.0288. The summed E-state index contributed by atoms with van der Waals surface area (Å²) in [5, 5.41) is 85.5. The summed E-state index contributed by atoms with van der Waals surface area (Å²) in [6.07, 6.45) is -0.958. The summed E-state index contributed by atoms with van der Waals surface area (Å²) in [5.74, 6) is -8.66. The average Bonchev–Trinajstić information content (AvgIpc) is 3.31. The second-order valence-electron chi connectivity index (χ2n) is 16.2. The SMILES string of the molecule is O=C(O)CCC(NC(=O)NC(CCCCNC(=O)C(CC(=O)O)NC(=O)C(CC(=O)O)Nc1ccc(CN(CCNCCNCC/N=C\c2ccccc2O)Cc2ccccc2O)cc1)C(=O)O)C(=O)O. The Labute approximate surface area is 408 Å². The van der Waals surface area contributed by atoms with Gasteiger partial charge in [0.05, 0.1) is 19.4 Å². The van der Waals surface area contributed by atoms with Gasteiger partial charge in [-0.05, 0) is 61.6 Å². The van der Waals surface area contributed by atoms with Crippen molar-refractivity contribution in [3.8, 4) is 11.5 Å². The van der Waals surface area contributed by atoms with E-state index in [4.69, 9.17) is 5.11 Å². The zero-order chi connectivity index (χ0) is 52.1. The smallest absolute Gasteiger partial charge is 0.326 e. The predicted molar refractivity (Wildman–Crippen MR) is 257 cm³/mol. The van der Waals surface area contributed by atoms with Crippen LogP contribution in [0.4, 0.5) is 10.5 Å². The molecule has 0 fully saturated rings. The minimum atomic E-state index is -1.64. The average molecular weight is 994 g/mol. The fourth-order valence-corrected chi connectivity index (χ4v) is 6.82. The molecule has 0 saturated heterocycles. The Kier molecular flexibility index (Phi) is 25.4. The molecule has 3 rings (SSSR count). The largest absolute Gasteiger partial charge is 0.508 e. The zero-order valence-electron chi connectivity index (χ0n) is 38.9. The molecule has 0 spiro atoms. The lowest BCUT2D eigenvalue weighted by molar-refractivity contribution is -0.142. The van der Waals surface area contributed by atoms with Gasteiger partial charge < -0.3 is 73.0 Å². The summed E-state index contributed by atoms with van der Waals surface area (Å²) in [7, 11) is 0. The van der Waals surface area contributed by atoms with Crippen molar-refractivity contribution in [3.63, 3.8) is 0 Å². The minimum absolute atomic E-state index is 0.0879. The fourth-order valence-electron chi connectivity index (χ4n) is 6.82. The topological polar surface area (TPSA) is 378 Å². The molecule has 71 heavy (non-hydrogen) atoms. The molecule has 0 aliphatic carbocycles. The first kappa shape index (κ1) is 57.5. The molecule has 0 heterocycles. The number of hydrogen-bond acceptors (Lipinski definition) is 15. The summed E-state index contributed by atoms with van der Waals surface area (Å²) in [4.78, 5) is 103. The number of aliphatic imine (C=N–C) groups is 1. The second-order valence-corrected chi connectivity index (χ2v) is 16.2. The molecule has 3 aromatic rings. The maximum Gasteiger partial charge on any atom is 0.326 e. The highest BCUT2D eigenvalue weighted by Crippen LogP contribution is 2.20. The molecule has 3 aromatic carbocycles.